The highest BCUT2D eigenvalue weighted by atomic mass is 16.5. The summed E-state index contributed by atoms with van der Waals surface area (Å²) in [5, 5.41) is 9.16. The summed E-state index contributed by atoms with van der Waals surface area (Å²) in [7, 11) is 0. The first kappa shape index (κ1) is 14.3. The number of piperidine rings is 1. The van der Waals surface area contributed by atoms with E-state index in [1.165, 1.54) is 0 Å². The zero-order valence-electron chi connectivity index (χ0n) is 11.3. The van der Waals surface area contributed by atoms with E-state index in [4.69, 9.17) is 9.84 Å². The van der Waals surface area contributed by atoms with Gasteiger partial charge in [-0.05, 0) is 44.4 Å². The molecule has 1 amide bonds. The van der Waals surface area contributed by atoms with Crippen LogP contribution in [0, 0.1) is 5.92 Å². The molecule has 0 spiro atoms. The van der Waals surface area contributed by atoms with Gasteiger partial charge in [0, 0.05) is 26.2 Å². The van der Waals surface area contributed by atoms with Gasteiger partial charge in [0.05, 0.1) is 0 Å². The predicted octanol–water partition coefficient (Wildman–Crippen LogP) is 1.66. The van der Waals surface area contributed by atoms with E-state index in [0.717, 1.165) is 45.3 Å². The number of hydrogen-bond acceptors (Lipinski definition) is 3. The Bertz CT molecular complexity index is 325. The Morgan fingerprint density at radius 2 is 1.89 bits per heavy atom. The van der Waals surface area contributed by atoms with E-state index in [1.807, 2.05) is 0 Å². The van der Waals surface area contributed by atoms with Crippen LogP contribution in [0.15, 0.2) is 0 Å². The Kier molecular flexibility index (Phi) is 5.19. The number of likely N-dealkylation sites (tertiary alicyclic amines) is 1. The summed E-state index contributed by atoms with van der Waals surface area (Å²) < 4.78 is 5.30. The van der Waals surface area contributed by atoms with Gasteiger partial charge in [-0.15, -0.1) is 0 Å². The molecule has 5 heteroatoms. The fourth-order valence-corrected chi connectivity index (χ4v) is 2.99. The third-order valence-electron chi connectivity index (χ3n) is 4.22. The molecule has 1 atom stereocenters. The lowest BCUT2D eigenvalue weighted by molar-refractivity contribution is -0.152. The zero-order valence-corrected chi connectivity index (χ0v) is 11.3. The number of hydrogen-bond donors (Lipinski definition) is 1. The van der Waals surface area contributed by atoms with Crippen molar-refractivity contribution in [2.75, 3.05) is 19.8 Å². The van der Waals surface area contributed by atoms with Crippen molar-refractivity contribution in [3.05, 3.63) is 0 Å². The second-order valence-corrected chi connectivity index (χ2v) is 5.53. The van der Waals surface area contributed by atoms with E-state index in [9.17, 15) is 9.59 Å². The van der Waals surface area contributed by atoms with Crippen LogP contribution in [0.1, 0.15) is 44.9 Å². The molecule has 0 aliphatic carbocycles. The fourth-order valence-electron chi connectivity index (χ4n) is 2.99. The number of aliphatic carboxylic acids is 1. The highest BCUT2D eigenvalue weighted by Gasteiger charge is 2.31. The maximum atomic E-state index is 12.2. The summed E-state index contributed by atoms with van der Waals surface area (Å²) in [6.45, 7) is 2.18. The third kappa shape index (κ3) is 3.93. The number of rotatable bonds is 4. The van der Waals surface area contributed by atoms with Crippen LogP contribution in [0.2, 0.25) is 0 Å². The van der Waals surface area contributed by atoms with Crippen molar-refractivity contribution in [3.8, 4) is 0 Å². The van der Waals surface area contributed by atoms with Crippen LogP contribution in [0.3, 0.4) is 0 Å². The van der Waals surface area contributed by atoms with Crippen LogP contribution in [-0.4, -0.2) is 47.7 Å². The average molecular weight is 269 g/mol. The van der Waals surface area contributed by atoms with Crippen molar-refractivity contribution in [3.63, 3.8) is 0 Å². The average Bonchev–Trinajstić information content (AvgIpc) is 2.46. The van der Waals surface area contributed by atoms with Gasteiger partial charge in [0.2, 0.25) is 5.91 Å². The molecule has 2 aliphatic heterocycles. The maximum absolute atomic E-state index is 12.2. The van der Waals surface area contributed by atoms with Crippen LogP contribution < -0.4 is 0 Å². The molecule has 0 aromatic heterocycles. The van der Waals surface area contributed by atoms with E-state index >= 15 is 0 Å². The lowest BCUT2D eigenvalue weighted by atomic mass is 9.94. The molecule has 1 unspecified atom stereocenters. The lowest BCUT2D eigenvalue weighted by Crippen LogP contribution is -2.48. The standard InChI is InChI=1S/C14H23NO4/c16-13(5-4-11-6-9-19-10-7-11)15-8-2-1-3-12(15)14(17)18/h11-12H,1-10H2,(H,17,18). The first-order valence-corrected chi connectivity index (χ1v) is 7.28. The van der Waals surface area contributed by atoms with Gasteiger partial charge in [-0.1, -0.05) is 0 Å². The molecule has 1 N–H and O–H groups in total. The number of amides is 1. The summed E-state index contributed by atoms with van der Waals surface area (Å²) in [6.07, 6.45) is 5.82. The van der Waals surface area contributed by atoms with Gasteiger partial charge in [-0.25, -0.2) is 4.79 Å². The van der Waals surface area contributed by atoms with Gasteiger partial charge in [0.25, 0.3) is 0 Å². The molecule has 0 radical (unpaired) electrons. The molecular formula is C14H23NO4. The Labute approximate surface area is 113 Å². The van der Waals surface area contributed by atoms with Gasteiger partial charge in [0.15, 0.2) is 0 Å². The number of carboxylic acids is 1. The summed E-state index contributed by atoms with van der Waals surface area (Å²) in [6, 6.07) is -0.601. The summed E-state index contributed by atoms with van der Waals surface area (Å²) >= 11 is 0. The normalized spacial score (nSPS) is 25.3. The van der Waals surface area contributed by atoms with Crippen LogP contribution in [0.4, 0.5) is 0 Å². The maximum Gasteiger partial charge on any atom is 0.326 e. The molecule has 5 nitrogen and oxygen atoms in total. The topological polar surface area (TPSA) is 66.8 Å². The van der Waals surface area contributed by atoms with Gasteiger partial charge in [-0.3, -0.25) is 4.79 Å². The van der Waals surface area contributed by atoms with Crippen LogP contribution >= 0.6 is 0 Å². The Hall–Kier alpha value is -1.10. The number of carbonyl (C=O) groups is 2. The highest BCUT2D eigenvalue weighted by molar-refractivity contribution is 5.83. The Morgan fingerprint density at radius 3 is 2.58 bits per heavy atom. The highest BCUT2D eigenvalue weighted by Crippen LogP contribution is 2.23. The number of nitrogens with zero attached hydrogens (tertiary/aromatic N) is 1. The molecule has 0 saturated carbocycles. The summed E-state index contributed by atoms with van der Waals surface area (Å²) in [5.74, 6) is -0.288. The summed E-state index contributed by atoms with van der Waals surface area (Å²) in [5.41, 5.74) is 0. The molecule has 0 bridgehead atoms. The minimum atomic E-state index is -0.862. The van der Waals surface area contributed by atoms with Crippen LogP contribution in [-0.2, 0) is 14.3 Å². The molecule has 2 aliphatic rings. The van der Waals surface area contributed by atoms with E-state index in [0.29, 0.717) is 25.3 Å². The first-order chi connectivity index (χ1) is 9.18. The Balaban J connectivity index is 1.81. The molecular weight excluding hydrogens is 246 g/mol. The SMILES string of the molecule is O=C(O)C1CCCCN1C(=O)CCC1CCOCC1. The third-order valence-corrected chi connectivity index (χ3v) is 4.22. The number of carbonyl (C=O) groups excluding carboxylic acids is 1. The molecule has 2 heterocycles. The zero-order chi connectivity index (χ0) is 13.7. The van der Waals surface area contributed by atoms with Gasteiger partial charge in [0.1, 0.15) is 6.04 Å². The number of ether oxygens (including phenoxy) is 1. The van der Waals surface area contributed by atoms with Gasteiger partial charge >= 0.3 is 5.97 Å². The molecule has 2 fully saturated rings. The second kappa shape index (κ2) is 6.89. The molecule has 0 aromatic carbocycles. The molecule has 2 rings (SSSR count). The minimum Gasteiger partial charge on any atom is -0.480 e. The van der Waals surface area contributed by atoms with Crippen molar-refractivity contribution in [2.45, 2.75) is 51.0 Å². The van der Waals surface area contributed by atoms with E-state index in [-0.39, 0.29) is 5.91 Å². The number of carboxylic acid groups (broad SMARTS) is 1. The quantitative estimate of drug-likeness (QED) is 0.843. The van der Waals surface area contributed by atoms with Crippen molar-refractivity contribution >= 4 is 11.9 Å². The minimum absolute atomic E-state index is 0.0126. The lowest BCUT2D eigenvalue weighted by Gasteiger charge is -2.33. The van der Waals surface area contributed by atoms with E-state index in [1.54, 1.807) is 4.90 Å². The van der Waals surface area contributed by atoms with Crippen LogP contribution in [0.5, 0.6) is 0 Å². The molecule has 19 heavy (non-hydrogen) atoms. The van der Waals surface area contributed by atoms with E-state index in [2.05, 4.69) is 0 Å². The van der Waals surface area contributed by atoms with Crippen molar-refractivity contribution in [2.24, 2.45) is 5.92 Å². The van der Waals surface area contributed by atoms with Crippen molar-refractivity contribution in [1.82, 2.24) is 4.90 Å². The Morgan fingerprint density at radius 1 is 1.16 bits per heavy atom. The largest absolute Gasteiger partial charge is 0.480 e. The first-order valence-electron chi connectivity index (χ1n) is 7.28. The smallest absolute Gasteiger partial charge is 0.326 e. The van der Waals surface area contributed by atoms with Crippen molar-refractivity contribution < 1.29 is 19.4 Å². The van der Waals surface area contributed by atoms with Crippen molar-refractivity contribution in [1.29, 1.82) is 0 Å². The molecule has 108 valence electrons. The molecule has 2 saturated heterocycles. The molecule has 0 aromatic rings. The second-order valence-electron chi connectivity index (χ2n) is 5.53. The van der Waals surface area contributed by atoms with E-state index < -0.39 is 12.0 Å². The van der Waals surface area contributed by atoms with Gasteiger partial charge < -0.3 is 14.7 Å². The predicted molar refractivity (Wildman–Crippen MR) is 69.8 cm³/mol. The summed E-state index contributed by atoms with van der Waals surface area (Å²) in [4.78, 5) is 24.9. The van der Waals surface area contributed by atoms with Crippen LogP contribution in [0.25, 0.3) is 0 Å². The monoisotopic (exact) mass is 269 g/mol. The fraction of sp³-hybridized carbons (Fsp3) is 0.857. The van der Waals surface area contributed by atoms with Gasteiger partial charge in [-0.2, -0.15) is 0 Å².